The highest BCUT2D eigenvalue weighted by Gasteiger charge is 2.14. The van der Waals surface area contributed by atoms with Crippen molar-refractivity contribution >= 4 is 17.4 Å². The zero-order valence-corrected chi connectivity index (χ0v) is 13.8. The molecule has 0 aromatic heterocycles. The molecule has 0 aliphatic rings. The van der Waals surface area contributed by atoms with Gasteiger partial charge >= 0.3 is 6.03 Å². The number of nitrogens with one attached hydrogen (secondary N) is 1. The van der Waals surface area contributed by atoms with Crippen molar-refractivity contribution in [3.63, 3.8) is 0 Å². The molecule has 0 unspecified atom stereocenters. The van der Waals surface area contributed by atoms with Crippen LogP contribution in [0.5, 0.6) is 5.75 Å². The fourth-order valence-electron chi connectivity index (χ4n) is 2.27. The van der Waals surface area contributed by atoms with E-state index in [1.165, 1.54) is 23.1 Å². The van der Waals surface area contributed by atoms with Gasteiger partial charge in [0.1, 0.15) is 5.75 Å². The molecule has 2 aromatic rings. The first-order chi connectivity index (χ1) is 11.4. The van der Waals surface area contributed by atoms with Crippen molar-refractivity contribution in [2.75, 3.05) is 19.5 Å². The number of carbonyl (C=O) groups is 1. The molecule has 0 bridgehead atoms. The third-order valence-corrected chi connectivity index (χ3v) is 3.50. The molecule has 0 saturated carbocycles. The number of rotatable bonds is 5. The van der Waals surface area contributed by atoms with Crippen molar-refractivity contribution in [2.24, 2.45) is 0 Å². The Balaban J connectivity index is 2.09. The Bertz CT molecular complexity index is 761. The number of non-ortho nitro benzene ring substituents is 1. The summed E-state index contributed by atoms with van der Waals surface area (Å²) in [5.74, 6) is 0.704. The molecule has 0 saturated heterocycles. The van der Waals surface area contributed by atoms with E-state index < -0.39 is 4.92 Å². The van der Waals surface area contributed by atoms with Gasteiger partial charge in [0.15, 0.2) is 0 Å². The first-order valence-electron chi connectivity index (χ1n) is 7.31. The van der Waals surface area contributed by atoms with Crippen LogP contribution in [0.15, 0.2) is 42.5 Å². The molecule has 0 fully saturated rings. The minimum Gasteiger partial charge on any atom is -0.496 e. The first kappa shape index (κ1) is 17.3. The normalized spacial score (nSPS) is 10.1. The van der Waals surface area contributed by atoms with Crippen molar-refractivity contribution in [2.45, 2.75) is 13.5 Å². The quantitative estimate of drug-likeness (QED) is 0.671. The van der Waals surface area contributed by atoms with Crippen molar-refractivity contribution in [1.82, 2.24) is 4.90 Å². The molecule has 2 aromatic carbocycles. The van der Waals surface area contributed by atoms with E-state index in [4.69, 9.17) is 4.74 Å². The van der Waals surface area contributed by atoms with E-state index in [0.29, 0.717) is 18.0 Å². The standard InChI is InChI=1S/C17H19N3O4/c1-12-7-8-16(24-3)13(9-12)11-19(2)17(21)18-14-5-4-6-15(10-14)20(22)23/h4-10H,11H2,1-3H3,(H,18,21). The Kier molecular flexibility index (Phi) is 5.36. The minimum absolute atomic E-state index is 0.0733. The molecule has 126 valence electrons. The maximum atomic E-state index is 12.3. The SMILES string of the molecule is COc1ccc(C)cc1CN(C)C(=O)Nc1cccc([N+](=O)[O-])c1. The molecule has 0 heterocycles. The predicted molar refractivity (Wildman–Crippen MR) is 91.3 cm³/mol. The van der Waals surface area contributed by atoms with Gasteiger partial charge in [0.25, 0.3) is 5.69 Å². The van der Waals surface area contributed by atoms with E-state index in [1.807, 2.05) is 25.1 Å². The molecule has 0 radical (unpaired) electrons. The number of nitro groups is 1. The van der Waals surface area contributed by atoms with E-state index in [0.717, 1.165) is 11.1 Å². The molecule has 0 spiro atoms. The van der Waals surface area contributed by atoms with Gasteiger partial charge in [-0.1, -0.05) is 23.8 Å². The topological polar surface area (TPSA) is 84.7 Å². The van der Waals surface area contributed by atoms with Crippen LogP contribution in [0.2, 0.25) is 0 Å². The number of urea groups is 1. The summed E-state index contributed by atoms with van der Waals surface area (Å²) in [7, 11) is 3.23. The van der Waals surface area contributed by atoms with E-state index in [9.17, 15) is 14.9 Å². The Labute approximate surface area is 140 Å². The number of ether oxygens (including phenoxy) is 1. The third-order valence-electron chi connectivity index (χ3n) is 3.50. The maximum absolute atomic E-state index is 12.3. The average Bonchev–Trinajstić information content (AvgIpc) is 2.55. The number of amides is 2. The van der Waals surface area contributed by atoms with Crippen LogP contribution >= 0.6 is 0 Å². The van der Waals surface area contributed by atoms with Crippen LogP contribution in [0.3, 0.4) is 0 Å². The Morgan fingerprint density at radius 3 is 2.71 bits per heavy atom. The van der Waals surface area contributed by atoms with Crippen molar-refractivity contribution in [3.8, 4) is 5.75 Å². The third kappa shape index (κ3) is 4.22. The fraction of sp³-hybridized carbons (Fsp3) is 0.235. The second kappa shape index (κ2) is 7.45. The van der Waals surface area contributed by atoms with Gasteiger partial charge in [0.05, 0.1) is 18.6 Å². The summed E-state index contributed by atoms with van der Waals surface area (Å²) in [4.78, 5) is 24.1. The number of methoxy groups -OCH3 is 1. The predicted octanol–water partition coefficient (Wildman–Crippen LogP) is 3.58. The molecule has 2 amide bonds. The van der Waals surface area contributed by atoms with Crippen LogP contribution in [0.1, 0.15) is 11.1 Å². The maximum Gasteiger partial charge on any atom is 0.321 e. The van der Waals surface area contributed by atoms with Crippen molar-refractivity contribution in [1.29, 1.82) is 0 Å². The number of anilines is 1. The van der Waals surface area contributed by atoms with Gasteiger partial charge in [-0.25, -0.2) is 4.79 Å². The number of benzene rings is 2. The van der Waals surface area contributed by atoms with E-state index in [2.05, 4.69) is 5.32 Å². The second-order valence-electron chi connectivity index (χ2n) is 5.41. The van der Waals surface area contributed by atoms with Gasteiger partial charge in [0, 0.05) is 30.4 Å². The summed E-state index contributed by atoms with van der Waals surface area (Å²) >= 11 is 0. The molecule has 24 heavy (non-hydrogen) atoms. The number of hydrogen-bond acceptors (Lipinski definition) is 4. The van der Waals surface area contributed by atoms with E-state index in [-0.39, 0.29) is 11.7 Å². The number of hydrogen-bond donors (Lipinski definition) is 1. The molecular formula is C17H19N3O4. The van der Waals surface area contributed by atoms with Crippen LogP contribution in [0.4, 0.5) is 16.2 Å². The van der Waals surface area contributed by atoms with E-state index in [1.54, 1.807) is 20.2 Å². The average molecular weight is 329 g/mol. The Hall–Kier alpha value is -3.09. The van der Waals surface area contributed by atoms with E-state index >= 15 is 0 Å². The van der Waals surface area contributed by atoms with Gasteiger partial charge in [0.2, 0.25) is 0 Å². The molecule has 0 atom stereocenters. The largest absolute Gasteiger partial charge is 0.496 e. The van der Waals surface area contributed by atoms with Crippen LogP contribution in [-0.4, -0.2) is 30.0 Å². The van der Waals surface area contributed by atoms with Crippen molar-refractivity contribution in [3.05, 3.63) is 63.7 Å². The van der Waals surface area contributed by atoms with Crippen LogP contribution in [-0.2, 0) is 6.54 Å². The number of nitrogens with zero attached hydrogens (tertiary/aromatic N) is 2. The summed E-state index contributed by atoms with van der Waals surface area (Å²) in [5.41, 5.74) is 2.25. The lowest BCUT2D eigenvalue weighted by atomic mass is 10.1. The van der Waals surface area contributed by atoms with Gasteiger partial charge < -0.3 is 15.0 Å². The molecule has 0 aliphatic heterocycles. The monoisotopic (exact) mass is 329 g/mol. The lowest BCUT2D eigenvalue weighted by Crippen LogP contribution is -2.31. The molecular weight excluding hydrogens is 310 g/mol. The Morgan fingerprint density at radius 2 is 2.04 bits per heavy atom. The molecule has 7 heteroatoms. The molecule has 1 N–H and O–H groups in total. The molecule has 0 aliphatic carbocycles. The Morgan fingerprint density at radius 1 is 1.29 bits per heavy atom. The van der Waals surface area contributed by atoms with Gasteiger partial charge in [-0.15, -0.1) is 0 Å². The lowest BCUT2D eigenvalue weighted by molar-refractivity contribution is -0.384. The highest BCUT2D eigenvalue weighted by atomic mass is 16.6. The molecule has 7 nitrogen and oxygen atoms in total. The van der Waals surface area contributed by atoms with Gasteiger partial charge in [-0.2, -0.15) is 0 Å². The summed E-state index contributed by atoms with van der Waals surface area (Å²) in [6.45, 7) is 2.32. The summed E-state index contributed by atoms with van der Waals surface area (Å²) in [6, 6.07) is 11.2. The summed E-state index contributed by atoms with van der Waals surface area (Å²) < 4.78 is 5.31. The number of nitro benzene ring substituents is 1. The van der Waals surface area contributed by atoms with Crippen molar-refractivity contribution < 1.29 is 14.5 Å². The fourth-order valence-corrected chi connectivity index (χ4v) is 2.27. The molecule has 2 rings (SSSR count). The smallest absolute Gasteiger partial charge is 0.321 e. The number of carbonyl (C=O) groups excluding carboxylic acids is 1. The van der Waals surface area contributed by atoms with Crippen LogP contribution < -0.4 is 10.1 Å². The highest BCUT2D eigenvalue weighted by Crippen LogP contribution is 2.22. The first-order valence-corrected chi connectivity index (χ1v) is 7.31. The van der Waals surface area contributed by atoms with Gasteiger partial charge in [-0.3, -0.25) is 10.1 Å². The van der Waals surface area contributed by atoms with Gasteiger partial charge in [-0.05, 0) is 19.1 Å². The second-order valence-corrected chi connectivity index (χ2v) is 5.41. The highest BCUT2D eigenvalue weighted by molar-refractivity contribution is 5.89. The zero-order valence-electron chi connectivity index (χ0n) is 13.8. The summed E-state index contributed by atoms with van der Waals surface area (Å²) in [5, 5.41) is 13.4. The van der Waals surface area contributed by atoms with Crippen LogP contribution in [0, 0.1) is 17.0 Å². The number of aryl methyl sites for hydroxylation is 1. The zero-order chi connectivity index (χ0) is 17.7. The lowest BCUT2D eigenvalue weighted by Gasteiger charge is -2.19. The van der Waals surface area contributed by atoms with Crippen LogP contribution in [0.25, 0.3) is 0 Å². The minimum atomic E-state index is -0.503. The summed E-state index contributed by atoms with van der Waals surface area (Å²) in [6.07, 6.45) is 0.